The number of aromatic nitrogens is 1. The maximum absolute atomic E-state index is 12.0. The number of hydrogen-bond donors (Lipinski definition) is 3. The lowest BCUT2D eigenvalue weighted by molar-refractivity contribution is -0.134. The molecule has 0 spiro atoms. The molecule has 104 valence electrons. The van der Waals surface area contributed by atoms with Crippen molar-refractivity contribution in [3.05, 3.63) is 41.0 Å². The van der Waals surface area contributed by atoms with Gasteiger partial charge in [0, 0.05) is 5.69 Å². The molecule has 1 heterocycles. The molecule has 1 aromatic carbocycles. The number of para-hydroxylation sites is 1. The molecule has 0 aliphatic rings. The van der Waals surface area contributed by atoms with Crippen molar-refractivity contribution in [1.29, 1.82) is 0 Å². The van der Waals surface area contributed by atoms with Crippen LogP contribution in [0.4, 0.5) is 10.7 Å². The second-order valence-corrected chi connectivity index (χ2v) is 5.00. The fraction of sp³-hybridized carbons (Fsp3) is 0.154. The van der Waals surface area contributed by atoms with Crippen LogP contribution in [0.2, 0.25) is 0 Å². The predicted molar refractivity (Wildman–Crippen MR) is 77.4 cm³/mol. The molecular formula is C13H13N3O3S. The van der Waals surface area contributed by atoms with Gasteiger partial charge in [0.1, 0.15) is 11.5 Å². The number of nitrogens with one attached hydrogen (secondary N) is 2. The minimum absolute atomic E-state index is 0.206. The van der Waals surface area contributed by atoms with E-state index in [0.717, 1.165) is 11.3 Å². The number of nitrogens with zero attached hydrogens (tertiary/aromatic N) is 1. The molecule has 2 rings (SSSR count). The zero-order valence-electron chi connectivity index (χ0n) is 10.7. The van der Waals surface area contributed by atoms with Crippen molar-refractivity contribution in [2.24, 2.45) is 0 Å². The van der Waals surface area contributed by atoms with Crippen LogP contribution in [0.3, 0.4) is 0 Å². The van der Waals surface area contributed by atoms with Gasteiger partial charge < -0.3 is 15.7 Å². The first-order valence-corrected chi connectivity index (χ1v) is 6.67. The molecule has 1 aromatic heterocycles. The molecule has 0 saturated heterocycles. The van der Waals surface area contributed by atoms with E-state index in [1.54, 1.807) is 19.1 Å². The monoisotopic (exact) mass is 291 g/mol. The lowest BCUT2D eigenvalue weighted by Gasteiger charge is -2.01. The Morgan fingerprint density at radius 3 is 2.65 bits per heavy atom. The van der Waals surface area contributed by atoms with Gasteiger partial charge in [-0.2, -0.15) is 0 Å². The molecule has 0 aliphatic heterocycles. The second-order valence-electron chi connectivity index (χ2n) is 4.00. The minimum atomic E-state index is -0.965. The highest BCUT2D eigenvalue weighted by Crippen LogP contribution is 2.24. The highest BCUT2D eigenvalue weighted by atomic mass is 32.1. The van der Waals surface area contributed by atoms with Gasteiger partial charge in [-0.3, -0.25) is 9.59 Å². The van der Waals surface area contributed by atoms with Crippen molar-refractivity contribution < 1.29 is 14.7 Å². The summed E-state index contributed by atoms with van der Waals surface area (Å²) < 4.78 is 0. The number of carbonyl (C=O) groups is 2. The number of carboxylic acids is 1. The van der Waals surface area contributed by atoms with Crippen LogP contribution in [0.25, 0.3) is 0 Å². The van der Waals surface area contributed by atoms with Gasteiger partial charge in [-0.1, -0.05) is 29.5 Å². The Labute approximate surface area is 119 Å². The summed E-state index contributed by atoms with van der Waals surface area (Å²) in [6.07, 6.45) is 0. The molecule has 6 nitrogen and oxygen atoms in total. The molecule has 0 fully saturated rings. The quantitative estimate of drug-likeness (QED) is 0.785. The number of rotatable bonds is 5. The van der Waals surface area contributed by atoms with Crippen molar-refractivity contribution in [1.82, 2.24) is 4.98 Å². The Bertz CT molecular complexity index is 625. The normalized spacial score (nSPS) is 10.1. The van der Waals surface area contributed by atoms with E-state index in [0.29, 0.717) is 21.4 Å². The van der Waals surface area contributed by atoms with Crippen LogP contribution in [0.1, 0.15) is 15.5 Å². The number of aryl methyl sites for hydroxylation is 1. The number of benzene rings is 1. The summed E-state index contributed by atoms with van der Waals surface area (Å²) >= 11 is 1.13. The first kappa shape index (κ1) is 14.0. The number of amides is 1. The van der Waals surface area contributed by atoms with Crippen molar-refractivity contribution in [3.63, 3.8) is 0 Å². The van der Waals surface area contributed by atoms with E-state index in [1.807, 2.05) is 18.2 Å². The van der Waals surface area contributed by atoms with Gasteiger partial charge >= 0.3 is 5.97 Å². The van der Waals surface area contributed by atoms with Crippen molar-refractivity contribution in [2.45, 2.75) is 6.92 Å². The van der Waals surface area contributed by atoms with E-state index >= 15 is 0 Å². The summed E-state index contributed by atoms with van der Waals surface area (Å²) in [7, 11) is 0. The molecule has 0 aliphatic carbocycles. The zero-order chi connectivity index (χ0) is 14.5. The largest absolute Gasteiger partial charge is 0.480 e. The van der Waals surface area contributed by atoms with Gasteiger partial charge in [0.15, 0.2) is 5.01 Å². The molecular weight excluding hydrogens is 278 g/mol. The highest BCUT2D eigenvalue weighted by Gasteiger charge is 2.15. The summed E-state index contributed by atoms with van der Waals surface area (Å²) in [6.45, 7) is 1.52. The molecule has 0 radical (unpaired) electrons. The van der Waals surface area contributed by atoms with Crippen molar-refractivity contribution in [3.8, 4) is 0 Å². The lowest BCUT2D eigenvalue weighted by atomic mass is 10.3. The summed E-state index contributed by atoms with van der Waals surface area (Å²) in [5.41, 5.74) is 1.29. The summed E-state index contributed by atoms with van der Waals surface area (Å²) in [6, 6.07) is 9.06. The van der Waals surface area contributed by atoms with Crippen molar-refractivity contribution in [2.75, 3.05) is 17.2 Å². The van der Waals surface area contributed by atoms with E-state index in [9.17, 15) is 9.59 Å². The fourth-order valence-electron chi connectivity index (χ4n) is 1.52. The van der Waals surface area contributed by atoms with Gasteiger partial charge in [-0.15, -0.1) is 0 Å². The Morgan fingerprint density at radius 1 is 1.30 bits per heavy atom. The maximum Gasteiger partial charge on any atom is 0.322 e. The Morgan fingerprint density at radius 2 is 2.00 bits per heavy atom. The van der Waals surface area contributed by atoms with E-state index in [1.165, 1.54) is 0 Å². The van der Waals surface area contributed by atoms with Crippen LogP contribution in [0.15, 0.2) is 30.3 Å². The van der Waals surface area contributed by atoms with Gasteiger partial charge in [-0.25, -0.2) is 4.98 Å². The first-order valence-electron chi connectivity index (χ1n) is 5.86. The van der Waals surface area contributed by atoms with Gasteiger partial charge in [0.25, 0.3) is 5.91 Å². The smallest absolute Gasteiger partial charge is 0.322 e. The van der Waals surface area contributed by atoms with E-state index < -0.39 is 5.97 Å². The summed E-state index contributed by atoms with van der Waals surface area (Å²) in [4.78, 5) is 26.7. The molecule has 1 amide bonds. The van der Waals surface area contributed by atoms with Crippen LogP contribution in [-0.4, -0.2) is 28.5 Å². The first-order chi connectivity index (χ1) is 9.56. The minimum Gasteiger partial charge on any atom is -0.480 e. The van der Waals surface area contributed by atoms with Crippen LogP contribution in [0.5, 0.6) is 0 Å². The van der Waals surface area contributed by atoms with Gasteiger partial charge in [0.2, 0.25) is 0 Å². The standard InChI is InChI=1S/C13H13N3O3S/c1-8-12(14-7-10(17)18)20-13(15-8)11(19)16-9-5-3-2-4-6-9/h2-6,14H,7H2,1H3,(H,16,19)(H,17,18). The van der Waals surface area contributed by atoms with Crippen LogP contribution in [-0.2, 0) is 4.79 Å². The molecule has 2 aromatic rings. The topological polar surface area (TPSA) is 91.3 Å². The molecule has 0 bridgehead atoms. The zero-order valence-corrected chi connectivity index (χ0v) is 11.5. The SMILES string of the molecule is Cc1nc(C(=O)Nc2ccccc2)sc1NCC(=O)O. The number of hydrogen-bond acceptors (Lipinski definition) is 5. The average Bonchev–Trinajstić information content (AvgIpc) is 2.79. The third kappa shape index (κ3) is 3.55. The molecule has 20 heavy (non-hydrogen) atoms. The molecule has 0 saturated carbocycles. The third-order valence-electron chi connectivity index (χ3n) is 2.42. The average molecular weight is 291 g/mol. The second kappa shape index (κ2) is 6.16. The fourth-order valence-corrected chi connectivity index (χ4v) is 2.38. The predicted octanol–water partition coefficient (Wildman–Crippen LogP) is 2.20. The van der Waals surface area contributed by atoms with Crippen LogP contribution < -0.4 is 10.6 Å². The molecule has 3 N–H and O–H groups in total. The van der Waals surface area contributed by atoms with Crippen LogP contribution >= 0.6 is 11.3 Å². The Hall–Kier alpha value is -2.41. The third-order valence-corrected chi connectivity index (χ3v) is 3.54. The number of carbonyl (C=O) groups excluding carboxylic acids is 1. The van der Waals surface area contributed by atoms with E-state index in [4.69, 9.17) is 5.11 Å². The van der Waals surface area contributed by atoms with E-state index in [2.05, 4.69) is 15.6 Å². The molecule has 7 heteroatoms. The lowest BCUT2D eigenvalue weighted by Crippen LogP contribution is -2.11. The number of anilines is 2. The summed E-state index contributed by atoms with van der Waals surface area (Å²) in [5, 5.41) is 15.0. The van der Waals surface area contributed by atoms with E-state index in [-0.39, 0.29) is 12.5 Å². The Kier molecular flexibility index (Phi) is 4.31. The highest BCUT2D eigenvalue weighted by molar-refractivity contribution is 7.17. The molecule has 0 atom stereocenters. The van der Waals surface area contributed by atoms with Gasteiger partial charge in [-0.05, 0) is 19.1 Å². The molecule has 0 unspecified atom stereocenters. The maximum atomic E-state index is 12.0. The van der Waals surface area contributed by atoms with Crippen molar-refractivity contribution >= 4 is 33.9 Å². The number of aliphatic carboxylic acids is 1. The van der Waals surface area contributed by atoms with Crippen LogP contribution in [0, 0.1) is 6.92 Å². The number of carboxylic acid groups (broad SMARTS) is 1. The number of thiazole rings is 1. The van der Waals surface area contributed by atoms with Gasteiger partial charge in [0.05, 0.1) is 5.69 Å². The Balaban J connectivity index is 2.07. The summed E-state index contributed by atoms with van der Waals surface area (Å²) in [5.74, 6) is -1.28.